The van der Waals surface area contributed by atoms with Gasteiger partial charge in [0.25, 0.3) is 0 Å². The summed E-state index contributed by atoms with van der Waals surface area (Å²) in [6, 6.07) is 17.2. The number of hydrogen-bond donors (Lipinski definition) is 1. The van der Waals surface area contributed by atoms with Crippen LogP contribution in [-0.2, 0) is 19.3 Å². The summed E-state index contributed by atoms with van der Waals surface area (Å²) in [4.78, 5) is 0. The third-order valence-corrected chi connectivity index (χ3v) is 4.69. The molecular weight excluding hydrogens is 282 g/mol. The van der Waals surface area contributed by atoms with E-state index in [4.69, 9.17) is 10.5 Å². The third kappa shape index (κ3) is 4.35. The van der Waals surface area contributed by atoms with Crippen molar-refractivity contribution in [1.29, 1.82) is 0 Å². The van der Waals surface area contributed by atoms with Crippen LogP contribution in [0.5, 0.6) is 5.75 Å². The molecule has 3 rings (SSSR count). The number of aryl methyl sites for hydroxylation is 2. The Labute approximate surface area is 139 Å². The Morgan fingerprint density at radius 2 is 1.78 bits per heavy atom. The predicted octanol–water partition coefficient (Wildman–Crippen LogP) is 4.29. The van der Waals surface area contributed by atoms with Gasteiger partial charge in [0.2, 0.25) is 0 Å². The van der Waals surface area contributed by atoms with E-state index in [1.165, 1.54) is 36.0 Å². The lowest BCUT2D eigenvalue weighted by Gasteiger charge is -2.10. The zero-order valence-electron chi connectivity index (χ0n) is 13.8. The molecule has 2 aromatic carbocycles. The van der Waals surface area contributed by atoms with Crippen LogP contribution in [0.3, 0.4) is 0 Å². The normalized spacial score (nSPS) is 16.1. The van der Waals surface area contributed by atoms with Crippen molar-refractivity contribution in [2.75, 3.05) is 6.54 Å². The highest BCUT2D eigenvalue weighted by atomic mass is 16.5. The molecule has 0 fully saturated rings. The van der Waals surface area contributed by atoms with E-state index in [1.54, 1.807) is 0 Å². The van der Waals surface area contributed by atoms with Crippen LogP contribution in [0.15, 0.2) is 48.5 Å². The van der Waals surface area contributed by atoms with Crippen molar-refractivity contribution in [3.8, 4) is 5.75 Å². The summed E-state index contributed by atoms with van der Waals surface area (Å²) in [5.74, 6) is 1.10. The summed E-state index contributed by atoms with van der Waals surface area (Å²) in [6.45, 7) is 0.757. The van der Waals surface area contributed by atoms with E-state index in [0.29, 0.717) is 6.10 Å². The van der Waals surface area contributed by atoms with E-state index in [9.17, 15) is 0 Å². The monoisotopic (exact) mass is 309 g/mol. The fourth-order valence-corrected chi connectivity index (χ4v) is 3.44. The Morgan fingerprint density at radius 1 is 0.913 bits per heavy atom. The number of benzene rings is 2. The van der Waals surface area contributed by atoms with Gasteiger partial charge in [-0.25, -0.2) is 0 Å². The highest BCUT2D eigenvalue weighted by Crippen LogP contribution is 2.33. The molecule has 0 saturated heterocycles. The zero-order valence-corrected chi connectivity index (χ0v) is 13.8. The fourth-order valence-electron chi connectivity index (χ4n) is 3.44. The topological polar surface area (TPSA) is 35.2 Å². The summed E-state index contributed by atoms with van der Waals surface area (Å²) in [5.41, 5.74) is 9.94. The molecule has 0 unspecified atom stereocenters. The van der Waals surface area contributed by atoms with Gasteiger partial charge in [0.05, 0.1) is 0 Å². The lowest BCUT2D eigenvalue weighted by molar-refractivity contribution is 0.217. The van der Waals surface area contributed by atoms with Crippen LogP contribution in [0, 0.1) is 0 Å². The Hall–Kier alpha value is -1.80. The Balaban J connectivity index is 1.46. The van der Waals surface area contributed by atoms with Gasteiger partial charge < -0.3 is 10.5 Å². The first-order chi connectivity index (χ1) is 11.4. The standard InChI is InChI=1S/C21H27NO/c22-15-7-12-18-11-6-14-21-20(18)16-19(23-21)13-5-4-10-17-8-2-1-3-9-17/h1-3,6,8-9,11,14,19H,4-5,7,10,12-13,15-16,22H2/t19-/m1/s1. The Bertz CT molecular complexity index is 608. The van der Waals surface area contributed by atoms with Gasteiger partial charge >= 0.3 is 0 Å². The molecule has 1 aliphatic rings. The van der Waals surface area contributed by atoms with Gasteiger partial charge in [0, 0.05) is 12.0 Å². The lowest BCUT2D eigenvalue weighted by Crippen LogP contribution is -2.12. The average Bonchev–Trinajstić information content (AvgIpc) is 3.01. The molecule has 2 nitrogen and oxygen atoms in total. The number of nitrogens with two attached hydrogens (primary N) is 1. The molecule has 1 atom stereocenters. The molecule has 0 bridgehead atoms. The van der Waals surface area contributed by atoms with Gasteiger partial charge in [-0.1, -0.05) is 42.5 Å². The molecular formula is C21H27NO. The van der Waals surface area contributed by atoms with Gasteiger partial charge in [-0.2, -0.15) is 0 Å². The Kier molecular flexibility index (Phi) is 5.71. The minimum absolute atomic E-state index is 0.361. The van der Waals surface area contributed by atoms with Gasteiger partial charge in [-0.3, -0.25) is 0 Å². The van der Waals surface area contributed by atoms with Crippen LogP contribution >= 0.6 is 0 Å². The minimum Gasteiger partial charge on any atom is -0.490 e. The summed E-state index contributed by atoms with van der Waals surface area (Å²) in [6.07, 6.45) is 8.34. The second-order valence-corrected chi connectivity index (χ2v) is 6.46. The van der Waals surface area contributed by atoms with E-state index in [-0.39, 0.29) is 0 Å². The van der Waals surface area contributed by atoms with Gasteiger partial charge in [-0.05, 0) is 62.3 Å². The van der Waals surface area contributed by atoms with Crippen molar-refractivity contribution in [3.63, 3.8) is 0 Å². The van der Waals surface area contributed by atoms with Crippen molar-refractivity contribution in [3.05, 3.63) is 65.2 Å². The summed E-state index contributed by atoms with van der Waals surface area (Å²) >= 11 is 0. The van der Waals surface area contributed by atoms with Crippen molar-refractivity contribution in [2.45, 2.75) is 51.0 Å². The number of ether oxygens (including phenoxy) is 1. The van der Waals surface area contributed by atoms with Gasteiger partial charge in [0.1, 0.15) is 11.9 Å². The number of fused-ring (bicyclic) bond motifs is 1. The summed E-state index contributed by atoms with van der Waals surface area (Å²) in [7, 11) is 0. The number of unbranched alkanes of at least 4 members (excludes halogenated alkanes) is 1. The molecule has 0 amide bonds. The highest BCUT2D eigenvalue weighted by Gasteiger charge is 2.24. The summed E-state index contributed by atoms with van der Waals surface area (Å²) in [5, 5.41) is 0. The molecule has 0 spiro atoms. The van der Waals surface area contributed by atoms with Crippen LogP contribution in [0.1, 0.15) is 42.4 Å². The molecule has 0 aliphatic carbocycles. The summed E-state index contributed by atoms with van der Waals surface area (Å²) < 4.78 is 6.15. The Morgan fingerprint density at radius 3 is 2.61 bits per heavy atom. The van der Waals surface area contributed by atoms with Crippen molar-refractivity contribution < 1.29 is 4.74 Å². The van der Waals surface area contributed by atoms with Crippen LogP contribution in [0.2, 0.25) is 0 Å². The first kappa shape index (κ1) is 16.1. The smallest absolute Gasteiger partial charge is 0.123 e. The van der Waals surface area contributed by atoms with E-state index in [0.717, 1.165) is 38.0 Å². The maximum atomic E-state index is 6.15. The molecule has 2 heteroatoms. The first-order valence-electron chi connectivity index (χ1n) is 8.88. The predicted molar refractivity (Wildman–Crippen MR) is 95.9 cm³/mol. The van der Waals surface area contributed by atoms with E-state index < -0.39 is 0 Å². The van der Waals surface area contributed by atoms with Crippen LogP contribution in [-0.4, -0.2) is 12.6 Å². The maximum Gasteiger partial charge on any atom is 0.123 e. The maximum absolute atomic E-state index is 6.15. The van der Waals surface area contributed by atoms with Crippen molar-refractivity contribution in [2.24, 2.45) is 5.73 Å². The van der Waals surface area contributed by atoms with Crippen molar-refractivity contribution in [1.82, 2.24) is 0 Å². The second-order valence-electron chi connectivity index (χ2n) is 6.46. The third-order valence-electron chi connectivity index (χ3n) is 4.69. The van der Waals surface area contributed by atoms with Gasteiger partial charge in [0.15, 0.2) is 0 Å². The number of hydrogen-bond acceptors (Lipinski definition) is 2. The van der Waals surface area contributed by atoms with E-state index in [2.05, 4.69) is 48.5 Å². The molecule has 1 aliphatic heterocycles. The molecule has 0 aromatic heterocycles. The first-order valence-corrected chi connectivity index (χ1v) is 8.88. The molecule has 122 valence electrons. The SMILES string of the molecule is NCCCc1cccc2c1C[C@@H](CCCCc1ccccc1)O2. The molecule has 23 heavy (non-hydrogen) atoms. The van der Waals surface area contributed by atoms with E-state index in [1.807, 2.05) is 0 Å². The average molecular weight is 309 g/mol. The van der Waals surface area contributed by atoms with E-state index >= 15 is 0 Å². The van der Waals surface area contributed by atoms with Gasteiger partial charge in [-0.15, -0.1) is 0 Å². The highest BCUT2D eigenvalue weighted by molar-refractivity contribution is 5.43. The molecule has 2 N–H and O–H groups in total. The molecule has 2 aromatic rings. The fraction of sp³-hybridized carbons (Fsp3) is 0.429. The largest absolute Gasteiger partial charge is 0.490 e. The molecule has 1 heterocycles. The zero-order chi connectivity index (χ0) is 15.9. The lowest BCUT2D eigenvalue weighted by atomic mass is 9.97. The van der Waals surface area contributed by atoms with Crippen LogP contribution in [0.4, 0.5) is 0 Å². The van der Waals surface area contributed by atoms with Crippen molar-refractivity contribution >= 4 is 0 Å². The van der Waals surface area contributed by atoms with Crippen LogP contribution in [0.25, 0.3) is 0 Å². The quantitative estimate of drug-likeness (QED) is 0.738. The van der Waals surface area contributed by atoms with Crippen LogP contribution < -0.4 is 10.5 Å². The minimum atomic E-state index is 0.361. The number of rotatable bonds is 8. The second kappa shape index (κ2) is 8.16. The molecule has 0 radical (unpaired) electrons. The molecule has 0 saturated carbocycles.